The first-order valence-electron chi connectivity index (χ1n) is 4.10. The third kappa shape index (κ3) is 4.56. The van der Waals surface area contributed by atoms with Crippen LogP contribution in [0, 0.1) is 0 Å². The normalized spacial score (nSPS) is 19.5. The van der Waals surface area contributed by atoms with Crippen molar-refractivity contribution in [3.8, 4) is 0 Å². The third-order valence-corrected chi connectivity index (χ3v) is 10.5. The SMILES string of the molecule is CC[SH](C)N(SSC)[SH](C)CC. The van der Waals surface area contributed by atoms with Crippen LogP contribution in [-0.2, 0) is 0 Å². The fraction of sp³-hybridized carbons (Fsp3) is 1.00. The van der Waals surface area contributed by atoms with Gasteiger partial charge in [-0.1, -0.05) is 24.6 Å². The van der Waals surface area contributed by atoms with Gasteiger partial charge in [-0.25, -0.2) is 0 Å². The molecular weight excluding hydrogens is 226 g/mol. The zero-order valence-corrected chi connectivity index (χ0v) is 12.0. The lowest BCUT2D eigenvalue weighted by Crippen LogP contribution is -2.08. The fourth-order valence-corrected chi connectivity index (χ4v) is 9.40. The lowest BCUT2D eigenvalue weighted by atomic mass is 11.0. The quantitative estimate of drug-likeness (QED) is 0.421. The van der Waals surface area contributed by atoms with Crippen molar-refractivity contribution in [1.29, 1.82) is 0 Å². The standard InChI is InChI=1S/C7H21NS4/c1-6-11(4)8(10-9-3)12(5)7-2/h11-12H,6-7H2,1-5H3. The van der Waals surface area contributed by atoms with Crippen molar-refractivity contribution in [2.75, 3.05) is 30.3 Å². The largest absolute Gasteiger partial charge is 0.182 e. The van der Waals surface area contributed by atoms with E-state index in [2.05, 4.69) is 35.7 Å². The highest BCUT2D eigenvalue weighted by Crippen LogP contribution is 2.49. The topological polar surface area (TPSA) is 3.24 Å². The number of thiol groups is 2. The van der Waals surface area contributed by atoms with Crippen LogP contribution in [0.15, 0.2) is 0 Å². The molecule has 0 aromatic heterocycles. The molecule has 0 aromatic rings. The minimum Gasteiger partial charge on any atom is -0.182 e. The van der Waals surface area contributed by atoms with E-state index in [4.69, 9.17) is 0 Å². The van der Waals surface area contributed by atoms with Gasteiger partial charge in [0.15, 0.2) is 0 Å². The van der Waals surface area contributed by atoms with Crippen molar-refractivity contribution in [3.05, 3.63) is 0 Å². The summed E-state index contributed by atoms with van der Waals surface area (Å²) in [6.45, 7) is 4.58. The lowest BCUT2D eigenvalue weighted by Gasteiger charge is -2.35. The zero-order valence-electron chi connectivity index (χ0n) is 8.57. The van der Waals surface area contributed by atoms with Gasteiger partial charge in [0.1, 0.15) is 0 Å². The fourth-order valence-electron chi connectivity index (χ4n) is 0.683. The average molecular weight is 248 g/mol. The highest BCUT2D eigenvalue weighted by Gasteiger charge is 2.12. The van der Waals surface area contributed by atoms with Gasteiger partial charge in [-0.05, 0) is 30.3 Å². The Morgan fingerprint density at radius 1 is 1.08 bits per heavy atom. The Morgan fingerprint density at radius 2 is 1.50 bits per heavy atom. The second-order valence-electron chi connectivity index (χ2n) is 2.44. The molecule has 0 N–H and O–H groups in total. The van der Waals surface area contributed by atoms with E-state index in [-0.39, 0.29) is 22.2 Å². The smallest absolute Gasteiger partial charge is 0.00979 e. The lowest BCUT2D eigenvalue weighted by molar-refractivity contribution is 1.22. The Balaban J connectivity index is 4.01. The molecular formula is C7H21NS4. The maximum Gasteiger partial charge on any atom is 0.00979 e. The monoisotopic (exact) mass is 247 g/mol. The molecule has 0 aliphatic heterocycles. The molecule has 1 nitrogen and oxygen atoms in total. The van der Waals surface area contributed by atoms with Gasteiger partial charge in [-0.15, -0.1) is 0 Å². The van der Waals surface area contributed by atoms with Crippen LogP contribution < -0.4 is 0 Å². The number of hydrogen-bond acceptors (Lipinski definition) is 3. The Kier molecular flexibility index (Phi) is 8.61. The number of rotatable bonds is 6. The maximum atomic E-state index is 2.63. The van der Waals surface area contributed by atoms with Crippen molar-refractivity contribution >= 4 is 43.9 Å². The second-order valence-corrected chi connectivity index (χ2v) is 10.3. The van der Waals surface area contributed by atoms with Crippen molar-refractivity contribution in [1.82, 2.24) is 3.12 Å². The molecule has 0 aromatic carbocycles. The summed E-state index contributed by atoms with van der Waals surface area (Å²) in [4.78, 5) is 0. The van der Waals surface area contributed by atoms with Crippen molar-refractivity contribution in [3.63, 3.8) is 0 Å². The minimum absolute atomic E-state index is 0.111. The van der Waals surface area contributed by atoms with Gasteiger partial charge in [0.2, 0.25) is 0 Å². The summed E-state index contributed by atoms with van der Waals surface area (Å²) in [5.74, 6) is 2.63. The van der Waals surface area contributed by atoms with E-state index in [0.717, 1.165) is 0 Å². The first kappa shape index (κ1) is 13.4. The highest BCUT2D eigenvalue weighted by molar-refractivity contribution is 8.78. The molecule has 0 heterocycles. The van der Waals surface area contributed by atoms with E-state index in [1.54, 1.807) is 0 Å². The Morgan fingerprint density at radius 3 is 1.75 bits per heavy atom. The van der Waals surface area contributed by atoms with Crippen molar-refractivity contribution < 1.29 is 0 Å². The summed E-state index contributed by atoms with van der Waals surface area (Å²) in [6, 6.07) is 0. The van der Waals surface area contributed by atoms with Gasteiger partial charge in [0.05, 0.1) is 0 Å². The highest BCUT2D eigenvalue weighted by atomic mass is 33.1. The molecule has 0 aliphatic rings. The maximum absolute atomic E-state index is 2.63. The summed E-state index contributed by atoms with van der Waals surface area (Å²) in [6.07, 6.45) is 6.93. The van der Waals surface area contributed by atoms with Gasteiger partial charge < -0.3 is 0 Å². The van der Waals surface area contributed by atoms with E-state index in [1.165, 1.54) is 11.5 Å². The van der Waals surface area contributed by atoms with Crippen LogP contribution in [0.2, 0.25) is 0 Å². The van der Waals surface area contributed by atoms with E-state index in [1.807, 2.05) is 21.8 Å². The van der Waals surface area contributed by atoms with Crippen LogP contribution in [0.3, 0.4) is 0 Å². The van der Waals surface area contributed by atoms with Crippen LogP contribution in [0.5, 0.6) is 0 Å². The van der Waals surface area contributed by atoms with E-state index < -0.39 is 0 Å². The zero-order chi connectivity index (χ0) is 9.56. The molecule has 0 radical (unpaired) electrons. The predicted octanol–water partition coefficient (Wildman–Crippen LogP) is 3.35. The van der Waals surface area contributed by atoms with E-state index in [9.17, 15) is 0 Å². The van der Waals surface area contributed by atoms with Gasteiger partial charge in [0, 0.05) is 11.0 Å². The van der Waals surface area contributed by atoms with E-state index in [0.29, 0.717) is 0 Å². The molecule has 2 atom stereocenters. The second kappa shape index (κ2) is 7.74. The molecule has 0 rings (SSSR count). The van der Waals surface area contributed by atoms with Crippen LogP contribution in [0.1, 0.15) is 13.8 Å². The molecule has 0 fully saturated rings. The molecule has 0 amide bonds. The number of hydrogen-bond donors (Lipinski definition) is 2. The molecule has 0 spiro atoms. The molecule has 0 aliphatic carbocycles. The molecule has 0 saturated carbocycles. The first-order valence-corrected chi connectivity index (χ1v) is 10.5. The summed E-state index contributed by atoms with van der Waals surface area (Å²) >= 11 is 0.223. The summed E-state index contributed by atoms with van der Waals surface area (Å²) in [5, 5.41) is 0. The van der Waals surface area contributed by atoms with Crippen LogP contribution >= 0.6 is 43.9 Å². The average Bonchev–Trinajstić information content (AvgIpc) is 2.11. The molecule has 2 unspecified atom stereocenters. The summed E-state index contributed by atoms with van der Waals surface area (Å²) in [5.41, 5.74) is 0. The first-order chi connectivity index (χ1) is 5.67. The van der Waals surface area contributed by atoms with Gasteiger partial charge >= 0.3 is 0 Å². The Hall–Kier alpha value is 1.36. The van der Waals surface area contributed by atoms with Crippen LogP contribution in [-0.4, -0.2) is 33.4 Å². The predicted molar refractivity (Wildman–Crippen MR) is 73.8 cm³/mol. The van der Waals surface area contributed by atoms with Crippen molar-refractivity contribution in [2.24, 2.45) is 0 Å². The molecule has 0 saturated heterocycles. The molecule has 0 bridgehead atoms. The number of nitrogens with zero attached hydrogens (tertiary/aromatic N) is 1. The van der Waals surface area contributed by atoms with Crippen LogP contribution in [0.4, 0.5) is 0 Å². The summed E-state index contributed by atoms with van der Waals surface area (Å²) < 4.78 is 2.63. The molecule has 5 heteroatoms. The van der Waals surface area contributed by atoms with Gasteiger partial charge in [0.25, 0.3) is 0 Å². The van der Waals surface area contributed by atoms with Gasteiger partial charge in [-0.2, -0.15) is 25.3 Å². The molecule has 78 valence electrons. The Labute approximate surface area is 90.9 Å². The van der Waals surface area contributed by atoms with Crippen LogP contribution in [0.25, 0.3) is 0 Å². The summed E-state index contributed by atoms with van der Waals surface area (Å²) in [7, 11) is 3.82. The van der Waals surface area contributed by atoms with Crippen molar-refractivity contribution in [2.45, 2.75) is 13.8 Å². The van der Waals surface area contributed by atoms with E-state index >= 15 is 0 Å². The molecule has 12 heavy (non-hydrogen) atoms. The third-order valence-electron chi connectivity index (χ3n) is 1.64. The minimum atomic E-state index is 0.111. The van der Waals surface area contributed by atoms with Gasteiger partial charge in [-0.3, -0.25) is 0 Å². The Bertz CT molecular complexity index is 102.